The number of carbonyl (C=O) groups is 1. The number of hydrogen-bond donors (Lipinski definition) is 1. The van der Waals surface area contributed by atoms with Crippen LogP contribution in [0.3, 0.4) is 0 Å². The molecule has 0 radical (unpaired) electrons. The van der Waals surface area contributed by atoms with Gasteiger partial charge < -0.3 is 5.11 Å². The number of aromatic carboxylic acids is 1. The molecule has 0 aliphatic rings. The standard InChI is InChI=1S/C14H15ClN2O2/c1-8(2)10-5-4-9(6-11(10)15)13-7-12(14(18)19)16-17(13)3/h4-8H,1-3H3,(H,18,19). The van der Waals surface area contributed by atoms with Crippen LogP contribution in [0, 0.1) is 0 Å². The van der Waals surface area contributed by atoms with E-state index in [1.807, 2.05) is 18.2 Å². The predicted octanol–water partition coefficient (Wildman–Crippen LogP) is 3.56. The lowest BCUT2D eigenvalue weighted by molar-refractivity contribution is 0.0689. The van der Waals surface area contributed by atoms with Gasteiger partial charge in [-0.05, 0) is 23.6 Å². The number of benzene rings is 1. The van der Waals surface area contributed by atoms with Gasteiger partial charge in [0, 0.05) is 17.6 Å². The molecule has 2 rings (SSSR count). The zero-order valence-corrected chi connectivity index (χ0v) is 11.8. The van der Waals surface area contributed by atoms with Crippen LogP contribution >= 0.6 is 11.6 Å². The molecule has 19 heavy (non-hydrogen) atoms. The van der Waals surface area contributed by atoms with Crippen molar-refractivity contribution in [1.29, 1.82) is 0 Å². The molecular weight excluding hydrogens is 264 g/mol. The van der Waals surface area contributed by atoms with Gasteiger partial charge in [-0.25, -0.2) is 4.79 Å². The van der Waals surface area contributed by atoms with E-state index >= 15 is 0 Å². The molecule has 0 unspecified atom stereocenters. The fourth-order valence-electron chi connectivity index (χ4n) is 2.00. The van der Waals surface area contributed by atoms with Crippen LogP contribution in [0.5, 0.6) is 0 Å². The molecule has 0 fully saturated rings. The van der Waals surface area contributed by atoms with Gasteiger partial charge in [0.25, 0.3) is 0 Å². The smallest absolute Gasteiger partial charge is 0.356 e. The van der Waals surface area contributed by atoms with E-state index in [4.69, 9.17) is 16.7 Å². The summed E-state index contributed by atoms with van der Waals surface area (Å²) < 4.78 is 1.55. The third-order valence-corrected chi connectivity index (χ3v) is 3.34. The van der Waals surface area contributed by atoms with Crippen LogP contribution < -0.4 is 0 Å². The fourth-order valence-corrected chi connectivity index (χ4v) is 2.40. The van der Waals surface area contributed by atoms with E-state index in [1.54, 1.807) is 17.8 Å². The second-order valence-electron chi connectivity index (χ2n) is 4.73. The van der Waals surface area contributed by atoms with Crippen molar-refractivity contribution in [2.45, 2.75) is 19.8 Å². The number of aryl methyl sites for hydroxylation is 1. The highest BCUT2D eigenvalue weighted by molar-refractivity contribution is 6.31. The summed E-state index contributed by atoms with van der Waals surface area (Å²) in [6, 6.07) is 7.29. The Morgan fingerprint density at radius 3 is 2.53 bits per heavy atom. The minimum Gasteiger partial charge on any atom is -0.476 e. The Hall–Kier alpha value is -1.81. The van der Waals surface area contributed by atoms with Crippen molar-refractivity contribution in [1.82, 2.24) is 9.78 Å². The average molecular weight is 279 g/mol. The second kappa shape index (κ2) is 5.05. The predicted molar refractivity (Wildman–Crippen MR) is 74.7 cm³/mol. The van der Waals surface area contributed by atoms with Gasteiger partial charge in [-0.2, -0.15) is 5.10 Å². The first-order chi connectivity index (χ1) is 8.90. The van der Waals surface area contributed by atoms with E-state index in [1.165, 1.54) is 0 Å². The SMILES string of the molecule is CC(C)c1ccc(-c2cc(C(=O)O)nn2C)cc1Cl. The molecular formula is C14H15ClN2O2. The molecule has 1 N–H and O–H groups in total. The van der Waals surface area contributed by atoms with Crippen molar-refractivity contribution in [3.8, 4) is 11.3 Å². The van der Waals surface area contributed by atoms with Crippen molar-refractivity contribution in [2.24, 2.45) is 7.05 Å². The summed E-state index contributed by atoms with van der Waals surface area (Å²) in [7, 11) is 1.71. The average Bonchev–Trinajstić information content (AvgIpc) is 2.71. The Morgan fingerprint density at radius 2 is 2.05 bits per heavy atom. The lowest BCUT2D eigenvalue weighted by Crippen LogP contribution is -1.99. The number of carboxylic acids is 1. The van der Waals surface area contributed by atoms with Crippen LogP contribution in [-0.4, -0.2) is 20.9 Å². The minimum absolute atomic E-state index is 0.0292. The van der Waals surface area contributed by atoms with Crippen molar-refractivity contribution < 1.29 is 9.90 Å². The first-order valence-electron chi connectivity index (χ1n) is 5.97. The zero-order valence-electron chi connectivity index (χ0n) is 11.0. The lowest BCUT2D eigenvalue weighted by Gasteiger charge is -2.10. The Morgan fingerprint density at radius 1 is 1.37 bits per heavy atom. The molecule has 0 aliphatic carbocycles. The van der Waals surface area contributed by atoms with E-state index in [-0.39, 0.29) is 5.69 Å². The second-order valence-corrected chi connectivity index (χ2v) is 5.14. The van der Waals surface area contributed by atoms with E-state index in [0.29, 0.717) is 10.9 Å². The molecule has 1 aromatic carbocycles. The van der Waals surface area contributed by atoms with Gasteiger partial charge in [0.1, 0.15) is 0 Å². The van der Waals surface area contributed by atoms with Crippen molar-refractivity contribution in [3.63, 3.8) is 0 Å². The maximum atomic E-state index is 10.9. The van der Waals surface area contributed by atoms with Gasteiger partial charge in [0.2, 0.25) is 0 Å². The van der Waals surface area contributed by atoms with Crippen molar-refractivity contribution >= 4 is 17.6 Å². The van der Waals surface area contributed by atoms with Crippen LogP contribution in [0.15, 0.2) is 24.3 Å². The van der Waals surface area contributed by atoms with Crippen LogP contribution in [0.1, 0.15) is 35.8 Å². The molecule has 0 atom stereocenters. The van der Waals surface area contributed by atoms with Gasteiger partial charge in [0.15, 0.2) is 5.69 Å². The molecule has 1 heterocycles. The summed E-state index contributed by atoms with van der Waals surface area (Å²) in [5, 5.41) is 13.6. The molecule has 100 valence electrons. The topological polar surface area (TPSA) is 55.1 Å². The molecule has 4 nitrogen and oxygen atoms in total. The van der Waals surface area contributed by atoms with E-state index in [9.17, 15) is 4.79 Å². The molecule has 0 aliphatic heterocycles. The molecule has 0 amide bonds. The Kier molecular flexibility index (Phi) is 3.62. The summed E-state index contributed by atoms with van der Waals surface area (Å²) in [4.78, 5) is 10.9. The van der Waals surface area contributed by atoms with Gasteiger partial charge in [-0.1, -0.05) is 37.6 Å². The van der Waals surface area contributed by atoms with E-state index in [2.05, 4.69) is 18.9 Å². The first-order valence-corrected chi connectivity index (χ1v) is 6.35. The largest absolute Gasteiger partial charge is 0.476 e. The van der Waals surface area contributed by atoms with Crippen LogP contribution in [0.4, 0.5) is 0 Å². The quantitative estimate of drug-likeness (QED) is 0.934. The van der Waals surface area contributed by atoms with Crippen LogP contribution in [0.25, 0.3) is 11.3 Å². The maximum absolute atomic E-state index is 10.9. The summed E-state index contributed by atoms with van der Waals surface area (Å²) in [6.45, 7) is 4.15. The van der Waals surface area contributed by atoms with Crippen molar-refractivity contribution in [3.05, 3.63) is 40.5 Å². The van der Waals surface area contributed by atoms with Gasteiger partial charge in [0.05, 0.1) is 5.69 Å². The Balaban J connectivity index is 2.48. The summed E-state index contributed by atoms with van der Waals surface area (Å²) in [5.74, 6) is -0.686. The van der Waals surface area contributed by atoms with E-state index in [0.717, 1.165) is 16.8 Å². The molecule has 0 saturated heterocycles. The Labute approximate surface area is 116 Å². The molecule has 5 heteroatoms. The molecule has 0 spiro atoms. The molecule has 0 saturated carbocycles. The molecule has 0 bridgehead atoms. The van der Waals surface area contributed by atoms with Gasteiger partial charge in [-0.15, -0.1) is 0 Å². The minimum atomic E-state index is -1.04. The number of nitrogens with zero attached hydrogens (tertiary/aromatic N) is 2. The maximum Gasteiger partial charge on any atom is 0.356 e. The number of aromatic nitrogens is 2. The van der Waals surface area contributed by atoms with Gasteiger partial charge in [-0.3, -0.25) is 4.68 Å². The monoisotopic (exact) mass is 278 g/mol. The fraction of sp³-hybridized carbons (Fsp3) is 0.286. The third-order valence-electron chi connectivity index (χ3n) is 3.02. The normalized spacial score (nSPS) is 11.0. The van der Waals surface area contributed by atoms with Crippen molar-refractivity contribution in [2.75, 3.05) is 0 Å². The number of hydrogen-bond acceptors (Lipinski definition) is 2. The highest BCUT2D eigenvalue weighted by Gasteiger charge is 2.14. The number of carboxylic acid groups (broad SMARTS) is 1. The molecule has 2 aromatic rings. The first kappa shape index (κ1) is 13.6. The van der Waals surface area contributed by atoms with Gasteiger partial charge >= 0.3 is 5.97 Å². The summed E-state index contributed by atoms with van der Waals surface area (Å²) in [6.07, 6.45) is 0. The summed E-state index contributed by atoms with van der Waals surface area (Å²) in [5.41, 5.74) is 2.69. The van der Waals surface area contributed by atoms with Crippen LogP contribution in [0.2, 0.25) is 5.02 Å². The highest BCUT2D eigenvalue weighted by atomic mass is 35.5. The number of rotatable bonds is 3. The third kappa shape index (κ3) is 2.63. The Bertz CT molecular complexity index is 632. The number of halogens is 1. The van der Waals surface area contributed by atoms with Crippen LogP contribution in [-0.2, 0) is 7.05 Å². The summed E-state index contributed by atoms with van der Waals surface area (Å²) >= 11 is 6.25. The lowest BCUT2D eigenvalue weighted by atomic mass is 10.0. The zero-order chi connectivity index (χ0) is 14.2. The van der Waals surface area contributed by atoms with E-state index < -0.39 is 5.97 Å². The highest BCUT2D eigenvalue weighted by Crippen LogP contribution is 2.29. The molecule has 1 aromatic heterocycles.